The minimum Gasteiger partial charge on any atom is -0.353 e. The molecule has 1 saturated heterocycles. The third-order valence-corrected chi connectivity index (χ3v) is 7.81. The first-order chi connectivity index (χ1) is 13.2. The molecule has 2 aliphatic rings. The van der Waals surface area contributed by atoms with Gasteiger partial charge in [-0.3, -0.25) is 14.6 Å². The molecule has 1 amide bonds. The molecule has 2 heterocycles. The highest BCUT2D eigenvalue weighted by Gasteiger charge is 2.36. The number of nitrogens with zero attached hydrogens (tertiary/aromatic N) is 1. The lowest BCUT2D eigenvalue weighted by atomic mass is 9.87. The average molecular weight is 413 g/mol. The van der Waals surface area contributed by atoms with Crippen LogP contribution in [0.3, 0.4) is 0 Å². The first-order valence-corrected chi connectivity index (χ1v) is 11.3. The Morgan fingerprint density at radius 2 is 1.79 bits per heavy atom. The molecule has 1 unspecified atom stereocenters. The van der Waals surface area contributed by atoms with E-state index in [1.807, 2.05) is 4.98 Å². The van der Waals surface area contributed by atoms with Crippen molar-refractivity contribution >= 4 is 15.9 Å². The first kappa shape index (κ1) is 20.8. The highest BCUT2D eigenvalue weighted by molar-refractivity contribution is 7.89. The molecule has 1 aliphatic carbocycles. The smallest absolute Gasteiger partial charge is 0.325 e. The third-order valence-electron chi connectivity index (χ3n) is 5.79. The summed E-state index contributed by atoms with van der Waals surface area (Å²) in [5.41, 5.74) is -1.69. The van der Waals surface area contributed by atoms with Crippen molar-refractivity contribution in [2.45, 2.75) is 63.3 Å². The standard InChI is InChI=1S/C18H28N4O5S/c1-11-5-7-14(8-6-11)20-16(23)13-4-3-9-22(10-13)28(26,27)15-12(2)19-18(25)21-17(15)24/h11,13-14H,3-10H2,1-2H3,(H,20,23)(H2,19,21,24,25). The van der Waals surface area contributed by atoms with Gasteiger partial charge in [0.05, 0.1) is 5.92 Å². The average Bonchev–Trinajstić information content (AvgIpc) is 2.62. The Hall–Kier alpha value is -1.94. The minimum absolute atomic E-state index is 0.00310. The van der Waals surface area contributed by atoms with Crippen LogP contribution in [0.25, 0.3) is 0 Å². The van der Waals surface area contributed by atoms with Gasteiger partial charge >= 0.3 is 5.69 Å². The van der Waals surface area contributed by atoms with Gasteiger partial charge in [-0.2, -0.15) is 4.31 Å². The molecule has 2 fully saturated rings. The van der Waals surface area contributed by atoms with Gasteiger partial charge in [0.1, 0.15) is 0 Å². The molecule has 0 bridgehead atoms. The Balaban J connectivity index is 1.73. The van der Waals surface area contributed by atoms with Crippen molar-refractivity contribution in [3.05, 3.63) is 26.5 Å². The highest BCUT2D eigenvalue weighted by Crippen LogP contribution is 2.26. The van der Waals surface area contributed by atoms with Gasteiger partial charge in [-0.15, -0.1) is 0 Å². The number of sulfonamides is 1. The predicted molar refractivity (Wildman–Crippen MR) is 103 cm³/mol. The van der Waals surface area contributed by atoms with Crippen molar-refractivity contribution in [3.63, 3.8) is 0 Å². The molecular weight excluding hydrogens is 384 g/mol. The van der Waals surface area contributed by atoms with E-state index in [9.17, 15) is 22.8 Å². The Morgan fingerprint density at radius 1 is 1.11 bits per heavy atom. The molecule has 3 N–H and O–H groups in total. The Bertz CT molecular complexity index is 943. The van der Waals surface area contributed by atoms with Crippen molar-refractivity contribution < 1.29 is 13.2 Å². The van der Waals surface area contributed by atoms with Gasteiger partial charge in [-0.25, -0.2) is 13.2 Å². The normalized spacial score (nSPS) is 26.7. The van der Waals surface area contributed by atoms with Crippen molar-refractivity contribution in [2.75, 3.05) is 13.1 Å². The van der Waals surface area contributed by atoms with Crippen molar-refractivity contribution in [3.8, 4) is 0 Å². The van der Waals surface area contributed by atoms with E-state index >= 15 is 0 Å². The van der Waals surface area contributed by atoms with Crippen molar-refractivity contribution in [1.29, 1.82) is 0 Å². The van der Waals surface area contributed by atoms with Crippen LogP contribution in [0.1, 0.15) is 51.1 Å². The molecular formula is C18H28N4O5S. The molecule has 28 heavy (non-hydrogen) atoms. The van der Waals surface area contributed by atoms with E-state index in [0.717, 1.165) is 25.7 Å². The largest absolute Gasteiger partial charge is 0.353 e. The maximum atomic E-state index is 13.0. The summed E-state index contributed by atoms with van der Waals surface area (Å²) in [6.45, 7) is 3.87. The number of hydrogen-bond donors (Lipinski definition) is 3. The minimum atomic E-state index is -4.11. The summed E-state index contributed by atoms with van der Waals surface area (Å²) in [4.78, 5) is 39.9. The van der Waals surface area contributed by atoms with Gasteiger partial charge in [0.15, 0.2) is 4.90 Å². The molecule has 3 rings (SSSR count). The van der Waals surface area contributed by atoms with E-state index in [4.69, 9.17) is 0 Å². The van der Waals surface area contributed by atoms with Gasteiger partial charge in [-0.05, 0) is 51.4 Å². The molecule has 0 radical (unpaired) electrons. The van der Waals surface area contributed by atoms with Gasteiger partial charge in [0.2, 0.25) is 15.9 Å². The zero-order valence-electron chi connectivity index (χ0n) is 16.3. The number of carbonyl (C=O) groups is 1. The van der Waals surface area contributed by atoms with Crippen LogP contribution in [0.15, 0.2) is 14.5 Å². The first-order valence-electron chi connectivity index (χ1n) is 9.82. The zero-order valence-corrected chi connectivity index (χ0v) is 17.1. The second-order valence-electron chi connectivity index (χ2n) is 8.03. The van der Waals surface area contributed by atoms with Crippen LogP contribution in [0.4, 0.5) is 0 Å². The maximum Gasteiger partial charge on any atom is 0.325 e. The molecule has 1 saturated carbocycles. The zero-order chi connectivity index (χ0) is 20.5. The topological polar surface area (TPSA) is 132 Å². The number of rotatable bonds is 4. The summed E-state index contributed by atoms with van der Waals surface area (Å²) in [6, 6.07) is 0.153. The number of aromatic nitrogens is 2. The number of H-pyrrole nitrogens is 2. The second-order valence-corrected chi connectivity index (χ2v) is 9.90. The SMILES string of the molecule is Cc1[nH]c(=O)[nH]c(=O)c1S(=O)(=O)N1CCCC(C(=O)NC2CCC(C)CC2)C1. The Labute approximate surface area is 164 Å². The number of hydrogen-bond acceptors (Lipinski definition) is 5. The van der Waals surface area contributed by atoms with E-state index in [2.05, 4.69) is 17.2 Å². The Morgan fingerprint density at radius 3 is 2.43 bits per heavy atom. The molecule has 0 spiro atoms. The number of carbonyl (C=O) groups excluding carboxylic acids is 1. The lowest BCUT2D eigenvalue weighted by Crippen LogP contribution is -2.49. The van der Waals surface area contributed by atoms with E-state index in [1.165, 1.54) is 11.2 Å². The summed E-state index contributed by atoms with van der Waals surface area (Å²) in [6.07, 6.45) is 5.23. The molecule has 1 aromatic rings. The summed E-state index contributed by atoms with van der Waals surface area (Å²) < 4.78 is 27.2. The lowest BCUT2D eigenvalue weighted by molar-refractivity contribution is -0.127. The number of piperidine rings is 1. The van der Waals surface area contributed by atoms with Crippen LogP contribution in [-0.4, -0.2) is 47.7 Å². The molecule has 1 atom stereocenters. The number of nitrogens with one attached hydrogen (secondary N) is 3. The van der Waals surface area contributed by atoms with Crippen molar-refractivity contribution in [2.24, 2.45) is 11.8 Å². The van der Waals surface area contributed by atoms with Gasteiger partial charge < -0.3 is 10.3 Å². The highest BCUT2D eigenvalue weighted by atomic mass is 32.2. The fourth-order valence-corrected chi connectivity index (χ4v) is 5.85. The predicted octanol–water partition coefficient (Wildman–Crippen LogP) is 0.467. The number of aromatic amines is 2. The molecule has 1 aliphatic heterocycles. The van der Waals surface area contributed by atoms with E-state index in [-0.39, 0.29) is 30.7 Å². The lowest BCUT2D eigenvalue weighted by Gasteiger charge is -2.33. The van der Waals surface area contributed by atoms with Gasteiger partial charge in [-0.1, -0.05) is 6.92 Å². The Kier molecular flexibility index (Phi) is 6.09. The summed E-state index contributed by atoms with van der Waals surface area (Å²) in [5.74, 6) is 0.124. The van der Waals surface area contributed by atoms with E-state index in [1.54, 1.807) is 0 Å². The second kappa shape index (κ2) is 8.20. The summed E-state index contributed by atoms with van der Waals surface area (Å²) >= 11 is 0. The van der Waals surface area contributed by atoms with Crippen LogP contribution in [0.5, 0.6) is 0 Å². The van der Waals surface area contributed by atoms with Crippen LogP contribution in [0.2, 0.25) is 0 Å². The maximum absolute atomic E-state index is 13.0. The fraction of sp³-hybridized carbons (Fsp3) is 0.722. The van der Waals surface area contributed by atoms with Gasteiger partial charge in [0, 0.05) is 24.8 Å². The van der Waals surface area contributed by atoms with E-state index < -0.39 is 32.1 Å². The monoisotopic (exact) mass is 412 g/mol. The summed E-state index contributed by atoms with van der Waals surface area (Å²) in [5, 5.41) is 3.08. The van der Waals surface area contributed by atoms with Crippen LogP contribution in [0, 0.1) is 18.8 Å². The molecule has 10 heteroatoms. The quantitative estimate of drug-likeness (QED) is 0.661. The van der Waals surface area contributed by atoms with E-state index in [0.29, 0.717) is 18.8 Å². The van der Waals surface area contributed by atoms with Crippen molar-refractivity contribution in [1.82, 2.24) is 19.6 Å². The van der Waals surface area contributed by atoms with Crippen LogP contribution in [-0.2, 0) is 14.8 Å². The number of aryl methyl sites for hydroxylation is 1. The molecule has 9 nitrogen and oxygen atoms in total. The molecule has 0 aromatic carbocycles. The molecule has 1 aromatic heterocycles. The van der Waals surface area contributed by atoms with Gasteiger partial charge in [0.25, 0.3) is 5.56 Å². The third kappa shape index (κ3) is 4.38. The molecule has 156 valence electrons. The summed E-state index contributed by atoms with van der Waals surface area (Å²) in [7, 11) is -4.11. The van der Waals surface area contributed by atoms with Crippen LogP contribution >= 0.6 is 0 Å². The fourth-order valence-electron chi connectivity index (χ4n) is 4.13. The van der Waals surface area contributed by atoms with Crippen LogP contribution < -0.4 is 16.6 Å². The number of amides is 1.